The highest BCUT2D eigenvalue weighted by molar-refractivity contribution is 5.96. The van der Waals surface area contributed by atoms with Crippen LogP contribution in [-0.4, -0.2) is 25.0 Å². The summed E-state index contributed by atoms with van der Waals surface area (Å²) in [7, 11) is 0. The fourth-order valence-electron chi connectivity index (χ4n) is 3.34. The van der Waals surface area contributed by atoms with Gasteiger partial charge >= 0.3 is 0 Å². The number of rotatable bonds is 8. The number of benzene rings is 4. The Balaban J connectivity index is 1.45. The van der Waals surface area contributed by atoms with E-state index in [1.165, 1.54) is 0 Å². The molecule has 0 aliphatic carbocycles. The maximum absolute atomic E-state index is 6.00. The third kappa shape index (κ3) is 6.81. The lowest BCUT2D eigenvalue weighted by Crippen LogP contribution is -2.05. The molecule has 5 heteroatoms. The standard InChI is InChI=1S/C30H28N2O3/c1-3-33-29(23-11-7-5-8-12-23)31-25-15-19-27(20-16-25)35-28-21-17-26(18-22-28)32-30(34-4-2)24-13-9-6-10-14-24/h5-22H,3-4H2,1-2H3/b31-29-,32-30-. The topological polar surface area (TPSA) is 52.4 Å². The summed E-state index contributed by atoms with van der Waals surface area (Å²) >= 11 is 0. The van der Waals surface area contributed by atoms with Gasteiger partial charge in [0.25, 0.3) is 0 Å². The van der Waals surface area contributed by atoms with E-state index in [9.17, 15) is 0 Å². The summed E-state index contributed by atoms with van der Waals surface area (Å²) < 4.78 is 17.5. The molecule has 0 fully saturated rings. The average molecular weight is 465 g/mol. The van der Waals surface area contributed by atoms with Gasteiger partial charge in [-0.15, -0.1) is 0 Å². The molecule has 0 amide bonds. The van der Waals surface area contributed by atoms with Crippen molar-refractivity contribution in [1.29, 1.82) is 0 Å². The minimum Gasteiger partial charge on any atom is -0.478 e. The third-order valence-electron chi connectivity index (χ3n) is 4.97. The van der Waals surface area contributed by atoms with Crippen LogP contribution in [-0.2, 0) is 9.47 Å². The van der Waals surface area contributed by atoms with Gasteiger partial charge in [-0.2, -0.15) is 0 Å². The molecule has 0 radical (unpaired) electrons. The third-order valence-corrected chi connectivity index (χ3v) is 4.97. The van der Waals surface area contributed by atoms with Gasteiger partial charge in [0.2, 0.25) is 11.8 Å². The Morgan fingerprint density at radius 2 is 0.886 bits per heavy atom. The number of aliphatic imine (C=N–C) groups is 2. The molecule has 35 heavy (non-hydrogen) atoms. The quantitative estimate of drug-likeness (QED) is 0.198. The molecule has 4 rings (SSSR count). The lowest BCUT2D eigenvalue weighted by atomic mass is 10.2. The van der Waals surface area contributed by atoms with Crippen molar-refractivity contribution in [2.45, 2.75) is 13.8 Å². The zero-order chi connectivity index (χ0) is 24.3. The highest BCUT2D eigenvalue weighted by Gasteiger charge is 2.06. The Kier molecular flexibility index (Phi) is 8.28. The zero-order valence-corrected chi connectivity index (χ0v) is 19.9. The van der Waals surface area contributed by atoms with Gasteiger partial charge in [-0.25, -0.2) is 9.98 Å². The Labute approximate surface area is 206 Å². The van der Waals surface area contributed by atoms with E-state index in [2.05, 4.69) is 9.98 Å². The molecular weight excluding hydrogens is 436 g/mol. The van der Waals surface area contributed by atoms with Crippen LogP contribution in [0.3, 0.4) is 0 Å². The van der Waals surface area contributed by atoms with Crippen molar-refractivity contribution < 1.29 is 14.2 Å². The van der Waals surface area contributed by atoms with Gasteiger partial charge in [-0.1, -0.05) is 36.4 Å². The molecule has 0 unspecified atom stereocenters. The zero-order valence-electron chi connectivity index (χ0n) is 19.9. The molecule has 0 heterocycles. The fraction of sp³-hybridized carbons (Fsp3) is 0.133. The Morgan fingerprint density at radius 1 is 0.514 bits per heavy atom. The predicted molar refractivity (Wildman–Crippen MR) is 141 cm³/mol. The SMILES string of the molecule is CCO/C(=N\c1ccc(Oc2ccc(/N=C(\OCC)c3ccccc3)cc2)cc1)c1ccccc1. The van der Waals surface area contributed by atoms with Crippen molar-refractivity contribution >= 4 is 23.2 Å². The smallest absolute Gasteiger partial charge is 0.221 e. The van der Waals surface area contributed by atoms with Crippen LogP contribution >= 0.6 is 0 Å². The van der Waals surface area contributed by atoms with E-state index in [-0.39, 0.29) is 0 Å². The van der Waals surface area contributed by atoms with Crippen LogP contribution < -0.4 is 4.74 Å². The van der Waals surface area contributed by atoms with Gasteiger partial charge in [0, 0.05) is 11.1 Å². The molecular formula is C30H28N2O3. The Bertz CT molecular complexity index is 1150. The maximum Gasteiger partial charge on any atom is 0.221 e. The van der Waals surface area contributed by atoms with E-state index in [1.54, 1.807) is 0 Å². The molecule has 0 atom stereocenters. The maximum atomic E-state index is 6.00. The molecule has 0 spiro atoms. The van der Waals surface area contributed by atoms with E-state index in [0.29, 0.717) is 25.0 Å². The Hall–Kier alpha value is -4.38. The summed E-state index contributed by atoms with van der Waals surface area (Å²) in [5, 5.41) is 0. The van der Waals surface area contributed by atoms with Crippen LogP contribution in [0.15, 0.2) is 119 Å². The summed E-state index contributed by atoms with van der Waals surface area (Å²) in [5.74, 6) is 2.63. The summed E-state index contributed by atoms with van der Waals surface area (Å²) in [4.78, 5) is 9.32. The molecule has 5 nitrogen and oxygen atoms in total. The molecule has 176 valence electrons. The first-order valence-corrected chi connectivity index (χ1v) is 11.7. The molecule has 4 aromatic rings. The molecule has 4 aromatic carbocycles. The van der Waals surface area contributed by atoms with Crippen LogP contribution in [0.1, 0.15) is 25.0 Å². The molecule has 0 saturated heterocycles. The molecule has 0 aliphatic rings. The van der Waals surface area contributed by atoms with Crippen LogP contribution in [0.5, 0.6) is 11.5 Å². The minimum absolute atomic E-state index is 0.548. The summed E-state index contributed by atoms with van der Waals surface area (Å²) in [6, 6.07) is 34.9. The fourth-order valence-corrected chi connectivity index (χ4v) is 3.34. The summed E-state index contributed by atoms with van der Waals surface area (Å²) in [6.45, 7) is 5.00. The van der Waals surface area contributed by atoms with E-state index >= 15 is 0 Å². The first-order chi connectivity index (χ1) is 17.2. The van der Waals surface area contributed by atoms with Crippen LogP contribution in [0.2, 0.25) is 0 Å². The first-order valence-electron chi connectivity index (χ1n) is 11.7. The summed E-state index contributed by atoms with van der Waals surface area (Å²) in [5.41, 5.74) is 3.46. The van der Waals surface area contributed by atoms with Gasteiger partial charge in [0.05, 0.1) is 24.6 Å². The second-order valence-electron chi connectivity index (χ2n) is 7.52. The number of nitrogens with zero attached hydrogens (tertiary/aromatic N) is 2. The highest BCUT2D eigenvalue weighted by atomic mass is 16.5. The molecule has 0 aromatic heterocycles. The van der Waals surface area contributed by atoms with Crippen LogP contribution in [0, 0.1) is 0 Å². The number of ether oxygens (including phenoxy) is 3. The van der Waals surface area contributed by atoms with Gasteiger partial charge in [-0.3, -0.25) is 0 Å². The molecule has 0 saturated carbocycles. The number of hydrogen-bond acceptors (Lipinski definition) is 5. The lowest BCUT2D eigenvalue weighted by molar-refractivity contribution is 0.328. The average Bonchev–Trinajstić information content (AvgIpc) is 2.91. The van der Waals surface area contributed by atoms with Crippen molar-refractivity contribution in [3.63, 3.8) is 0 Å². The Morgan fingerprint density at radius 3 is 1.23 bits per heavy atom. The van der Waals surface area contributed by atoms with E-state index in [4.69, 9.17) is 14.2 Å². The molecule has 0 bridgehead atoms. The minimum atomic E-state index is 0.548. The number of hydrogen-bond donors (Lipinski definition) is 0. The van der Waals surface area contributed by atoms with Gasteiger partial charge < -0.3 is 14.2 Å². The van der Waals surface area contributed by atoms with Crippen molar-refractivity contribution in [3.05, 3.63) is 120 Å². The van der Waals surface area contributed by atoms with Crippen molar-refractivity contribution in [1.82, 2.24) is 0 Å². The van der Waals surface area contributed by atoms with Crippen molar-refractivity contribution in [3.8, 4) is 11.5 Å². The van der Waals surface area contributed by atoms with Crippen molar-refractivity contribution in [2.75, 3.05) is 13.2 Å². The van der Waals surface area contributed by atoms with Gasteiger partial charge in [0.1, 0.15) is 11.5 Å². The predicted octanol–water partition coefficient (Wildman–Crippen LogP) is 7.71. The van der Waals surface area contributed by atoms with E-state index in [1.807, 2.05) is 123 Å². The normalized spacial score (nSPS) is 11.7. The lowest BCUT2D eigenvalue weighted by Gasteiger charge is -2.09. The molecule has 0 aliphatic heterocycles. The van der Waals surface area contributed by atoms with E-state index < -0.39 is 0 Å². The van der Waals surface area contributed by atoms with Crippen LogP contribution in [0.4, 0.5) is 11.4 Å². The second kappa shape index (κ2) is 12.2. The largest absolute Gasteiger partial charge is 0.478 e. The van der Waals surface area contributed by atoms with Crippen LogP contribution in [0.25, 0.3) is 0 Å². The van der Waals surface area contributed by atoms with Gasteiger partial charge in [-0.05, 0) is 86.6 Å². The van der Waals surface area contributed by atoms with E-state index in [0.717, 1.165) is 34.0 Å². The first kappa shape index (κ1) is 23.8. The van der Waals surface area contributed by atoms with Gasteiger partial charge in [0.15, 0.2) is 0 Å². The monoisotopic (exact) mass is 464 g/mol. The molecule has 0 N–H and O–H groups in total. The second-order valence-corrected chi connectivity index (χ2v) is 7.52. The van der Waals surface area contributed by atoms with Crippen molar-refractivity contribution in [2.24, 2.45) is 9.98 Å². The summed E-state index contributed by atoms with van der Waals surface area (Å²) in [6.07, 6.45) is 0. The highest BCUT2D eigenvalue weighted by Crippen LogP contribution is 2.27.